The lowest BCUT2D eigenvalue weighted by molar-refractivity contribution is -0.193. The number of halogens is 6. The summed E-state index contributed by atoms with van der Waals surface area (Å²) in [6.45, 7) is 6.99. The van der Waals surface area contributed by atoms with Crippen molar-refractivity contribution in [2.24, 2.45) is 32.9 Å². The molecule has 6 heterocycles. The van der Waals surface area contributed by atoms with Crippen LogP contribution in [0, 0.1) is 0 Å². The molecule has 0 aliphatic carbocycles. The topological polar surface area (TPSA) is 625 Å². The molecule has 17 rings (SSSR count). The van der Waals surface area contributed by atoms with E-state index in [1.807, 2.05) is 110 Å². The molecule has 0 radical (unpaired) electrons. The van der Waals surface area contributed by atoms with E-state index in [2.05, 4.69) is 84.2 Å². The van der Waals surface area contributed by atoms with E-state index in [1.165, 1.54) is 35.2 Å². The minimum atomic E-state index is -4.39. The first-order valence-electron chi connectivity index (χ1n) is 44.3. The Labute approximate surface area is 876 Å². The van der Waals surface area contributed by atoms with Crippen molar-refractivity contribution >= 4 is 206 Å². The molecule has 48 heteroatoms. The van der Waals surface area contributed by atoms with Crippen molar-refractivity contribution in [1.29, 1.82) is 0 Å². The number of anilines is 5. The van der Waals surface area contributed by atoms with Gasteiger partial charge >= 0.3 is 34.9 Å². The fourth-order valence-corrected chi connectivity index (χ4v) is 18.6. The Morgan fingerprint density at radius 3 is 1.22 bits per heavy atom. The second-order valence-corrected chi connectivity index (χ2v) is 37.8. The molecular formula is C100H94Cl6N18O22S2. The zero-order valence-corrected chi connectivity index (χ0v) is 84.3. The summed E-state index contributed by atoms with van der Waals surface area (Å²) in [5.74, 6) is -3.38. The maximum atomic E-state index is 12.6. The lowest BCUT2D eigenvalue weighted by Gasteiger charge is -2.38. The summed E-state index contributed by atoms with van der Waals surface area (Å²) in [7, 11) is -3.40. The Bertz CT molecular complexity index is 7400. The molecule has 2 unspecified atom stereocenters. The molecular weight excluding hydrogens is 2080 g/mol. The number of carboxylic acid groups (broad SMARTS) is 2. The molecule has 0 spiro atoms. The van der Waals surface area contributed by atoms with Crippen LogP contribution in [-0.2, 0) is 57.8 Å². The molecule has 2 aromatic heterocycles. The number of likely N-dealkylation sites (N-methyl/N-ethyl adjacent to an activating group) is 2. The molecule has 4 aliphatic rings. The molecule has 4 aliphatic heterocycles. The van der Waals surface area contributed by atoms with Crippen LogP contribution in [0.3, 0.4) is 0 Å². The van der Waals surface area contributed by atoms with Crippen molar-refractivity contribution in [3.05, 3.63) is 316 Å². The van der Waals surface area contributed by atoms with Gasteiger partial charge in [0, 0.05) is 182 Å². The SMILES string of the molecule is CN1Cc2c(Cl)cc(Cl)cc2C(c2ccc(NC(=O)c3cccc(C(=O)O)c3)cc2)C1.CN1Cc2c(Cl)cc(Cl)cc2C(c2ccc(NC(=O)c3cccc(S(=O)(=O)O)c3)cc2)C1.NC(N)=Nc1nc(-c2ccc(N3CCN(C(=O)[C@@H](O)[C@H](O)[C@@H](O)[C@@H](O)CO)CC3)cc2)c2cc(Cl)ccc2n1.NC(N)=Nc1nc(-c2ccc(N3CCN(c4cccc(C(=O)O)c4)CC3)cc2)c2cc(Cl)ccc2n1.O=C=O.O=C=O.O=S(=O)=O. The fourth-order valence-electron chi connectivity index (χ4n) is 16.6. The van der Waals surface area contributed by atoms with Crippen LogP contribution in [0.4, 0.5) is 40.3 Å². The number of aliphatic imine (C=N–C) groups is 2. The predicted octanol–water partition coefficient (Wildman–Crippen LogP) is 11.2. The van der Waals surface area contributed by atoms with E-state index >= 15 is 0 Å². The third-order valence-electron chi connectivity index (χ3n) is 23.5. The van der Waals surface area contributed by atoms with E-state index in [0.29, 0.717) is 82.6 Å². The van der Waals surface area contributed by atoms with Gasteiger partial charge in [0.25, 0.3) is 39.7 Å². The number of hydrogen-bond donors (Lipinski definition) is 14. The van der Waals surface area contributed by atoms with Crippen molar-refractivity contribution < 1.29 is 104 Å². The molecule has 6 atom stereocenters. The molecule has 18 N–H and O–H groups in total. The van der Waals surface area contributed by atoms with Crippen molar-refractivity contribution in [2.45, 2.75) is 54.2 Å². The zero-order chi connectivity index (χ0) is 108. The van der Waals surface area contributed by atoms with Crippen molar-refractivity contribution in [1.82, 2.24) is 34.6 Å². The van der Waals surface area contributed by atoms with E-state index in [0.717, 1.165) is 131 Å². The number of carbonyl (C=O) groups is 5. The van der Waals surface area contributed by atoms with Crippen LogP contribution in [-0.4, -0.2) is 260 Å². The van der Waals surface area contributed by atoms with Crippen molar-refractivity contribution in [3.8, 4) is 22.5 Å². The van der Waals surface area contributed by atoms with Crippen LogP contribution in [0.5, 0.6) is 0 Å². The number of guanidine groups is 2. The molecule has 2 fully saturated rings. The molecule has 13 aromatic rings. The van der Waals surface area contributed by atoms with E-state index in [9.17, 15) is 62.5 Å². The second-order valence-electron chi connectivity index (χ2n) is 33.4. The van der Waals surface area contributed by atoms with Crippen LogP contribution < -0.4 is 48.3 Å². The fraction of sp³-hybridized carbons (Fsp3) is 0.210. The summed E-state index contributed by atoms with van der Waals surface area (Å²) < 4.78 is 57.1. The number of fused-ring (bicyclic) bond motifs is 4. The van der Waals surface area contributed by atoms with Gasteiger partial charge in [-0.15, -0.1) is 12.6 Å². The normalized spacial score (nSPS) is 14.9. The molecule has 40 nitrogen and oxygen atoms in total. The van der Waals surface area contributed by atoms with Gasteiger partial charge < -0.3 is 98.7 Å². The Morgan fingerprint density at radius 1 is 0.459 bits per heavy atom. The third kappa shape index (κ3) is 30.7. The van der Waals surface area contributed by atoms with E-state index in [1.54, 1.807) is 78.9 Å². The minimum absolute atomic E-state index is 0.0698. The van der Waals surface area contributed by atoms with Gasteiger partial charge in [-0.3, -0.25) is 18.9 Å². The van der Waals surface area contributed by atoms with Gasteiger partial charge in [0.2, 0.25) is 0 Å². The van der Waals surface area contributed by atoms with E-state index in [4.69, 9.17) is 135 Å². The Kier molecular flexibility index (Phi) is 40.2. The number of rotatable bonds is 21. The third-order valence-corrected chi connectivity index (χ3v) is 25.9. The smallest absolute Gasteiger partial charge is 0.425 e. The first-order valence-corrected chi connectivity index (χ1v) is 49.0. The number of carboxylic acids is 2. The highest BCUT2D eigenvalue weighted by Crippen LogP contribution is 2.43. The summed E-state index contributed by atoms with van der Waals surface area (Å²) in [4.78, 5) is 131. The maximum absolute atomic E-state index is 12.6. The Hall–Kier alpha value is -14.9. The van der Waals surface area contributed by atoms with Crippen LogP contribution >= 0.6 is 69.6 Å². The van der Waals surface area contributed by atoms with Gasteiger partial charge in [0.1, 0.15) is 18.3 Å². The molecule has 11 aromatic carbocycles. The van der Waals surface area contributed by atoms with Crippen LogP contribution in [0.1, 0.15) is 86.6 Å². The highest BCUT2D eigenvalue weighted by atomic mass is 35.5. The lowest BCUT2D eigenvalue weighted by Crippen LogP contribution is -2.56. The maximum Gasteiger partial charge on any atom is 0.425 e. The van der Waals surface area contributed by atoms with Gasteiger partial charge in [-0.25, -0.2) is 29.5 Å². The minimum Gasteiger partial charge on any atom is -0.478 e. The van der Waals surface area contributed by atoms with Gasteiger partial charge in [-0.1, -0.05) is 136 Å². The number of amides is 3. The van der Waals surface area contributed by atoms with Gasteiger partial charge in [0.05, 0.1) is 45.1 Å². The molecule has 3 amide bonds. The average Bonchev–Trinajstić information content (AvgIpc) is 0.777. The highest BCUT2D eigenvalue weighted by Gasteiger charge is 2.38. The van der Waals surface area contributed by atoms with Gasteiger partial charge in [-0.05, 0) is 211 Å². The second kappa shape index (κ2) is 52.5. The average molecular weight is 2180 g/mol. The standard InChI is InChI=1S/C26H24ClN7O2.C25H30ClN7O6.C24H20Cl2N2O3.C23H20Cl2N2O4S.2CO2.O3S/c27-18-6-9-22-21(15-18)23(31-26(30-22)32-25(28)29)16-4-7-19(8-5-16)33-10-12-34(13-11-33)20-3-1-2-17(14-20)24(35)36;26-14-3-6-17-16(11-14)19(30-25(29-17)31-24(27)28)13-1-4-15(5-2-13)32-7-9-33(10-8-32)23(39)22(38)21(37)20(36)18(35)12-34;1-28-12-20(19-10-17(25)11-22(26)21(19)13-28)14-5-7-18(8-6-14)27-23(29)15-3-2-4-16(9-15)24(30)31;1-27-12-20(19-10-16(24)11-22(25)21(19)13-27)14-5-7-17(8-6-14)26-23(28)15-3-2-4-18(9-15)32(29,30)31;2*2-1-3;1-4(2)3/h1-9,14-15H,10-13H2,(H,35,36)(H4,28,29,30,31,32);1-6,11,18,20-22,34-38H,7-10,12H2,(H4,27,28,29,30,31);2-11,20H,12-13H2,1H3,(H,27,29)(H,30,31);2-11,20H,12-13H2,1H3,(H,26,28)(H,29,30,31);;;/t;18-,20-,21+,22-;;;;;/m.0...../s1. The first-order chi connectivity index (χ1) is 70.4. The first kappa shape index (κ1) is 113. The summed E-state index contributed by atoms with van der Waals surface area (Å²) in [6, 6.07) is 67.2. The molecule has 770 valence electrons. The van der Waals surface area contributed by atoms with E-state index in [-0.39, 0.29) is 88.5 Å². The molecule has 0 saturated carbocycles. The summed E-state index contributed by atoms with van der Waals surface area (Å²) in [5.41, 5.74) is 37.8. The van der Waals surface area contributed by atoms with E-state index < -0.39 is 75.5 Å². The number of piperazine rings is 2. The summed E-state index contributed by atoms with van der Waals surface area (Å²) >= 11 is 37.8. The number of nitrogens with two attached hydrogens (primary N) is 4. The van der Waals surface area contributed by atoms with Gasteiger partial charge in [-0.2, -0.15) is 37.6 Å². The highest BCUT2D eigenvalue weighted by molar-refractivity contribution is 7.85. The number of hydrogen-bond acceptors (Lipinski definition) is 30. The van der Waals surface area contributed by atoms with Crippen LogP contribution in [0.2, 0.25) is 30.1 Å². The quantitative estimate of drug-likeness (QED) is 0.0180. The Morgan fingerprint density at radius 2 is 0.831 bits per heavy atom. The van der Waals surface area contributed by atoms with Crippen molar-refractivity contribution in [2.75, 3.05) is 111 Å². The number of nitrogens with zero attached hydrogens (tertiary/aromatic N) is 12. The number of aliphatic hydroxyl groups excluding tert-OH is 5. The number of aromatic carboxylic acids is 2. The lowest BCUT2D eigenvalue weighted by atomic mass is 9.84. The van der Waals surface area contributed by atoms with Crippen LogP contribution in [0.25, 0.3) is 44.3 Å². The summed E-state index contributed by atoms with van der Waals surface area (Å²) in [6.07, 6.45) is -6.93. The number of aliphatic hydroxyl groups is 5. The molecule has 2 saturated heterocycles. The Balaban J connectivity index is 0.000000182. The number of benzene rings is 11. The number of aromatic nitrogens is 4. The molecule has 148 heavy (non-hydrogen) atoms. The van der Waals surface area contributed by atoms with Crippen molar-refractivity contribution in [3.63, 3.8) is 0 Å². The summed E-state index contributed by atoms with van der Waals surface area (Å²) in [5, 5.41) is 77.5. The molecule has 0 bridgehead atoms. The number of carbonyl (C=O) groups excluding carboxylic acids is 7. The number of nitrogens with one attached hydrogen (secondary N) is 2. The largest absolute Gasteiger partial charge is 0.478 e. The van der Waals surface area contributed by atoms with Crippen LogP contribution in [0.15, 0.2) is 245 Å². The zero-order valence-electron chi connectivity index (χ0n) is 78.1. The van der Waals surface area contributed by atoms with Gasteiger partial charge in [0.15, 0.2) is 18.0 Å². The monoisotopic (exact) mass is 2170 g/mol. The predicted molar refractivity (Wildman–Crippen MR) is 556 cm³/mol.